The maximum atomic E-state index is 15.3. The van der Waals surface area contributed by atoms with Gasteiger partial charge < -0.3 is 0 Å². The minimum atomic E-state index is -0.836. The Hall–Kier alpha value is -1.70. The van der Waals surface area contributed by atoms with Crippen LogP contribution in [-0.2, 0) is 12.8 Å². The van der Waals surface area contributed by atoms with E-state index in [1.165, 1.54) is 22.7 Å². The van der Waals surface area contributed by atoms with Crippen LogP contribution in [0, 0.1) is 23.5 Å². The van der Waals surface area contributed by atoms with E-state index >= 15 is 8.78 Å². The molecule has 0 saturated carbocycles. The van der Waals surface area contributed by atoms with Crippen LogP contribution in [0.15, 0.2) is 22.9 Å². The molecule has 3 aromatic heterocycles. The molecule has 152 valence electrons. The van der Waals surface area contributed by atoms with Gasteiger partial charge in [0.2, 0.25) is 0 Å². The first-order valence-electron chi connectivity index (χ1n) is 9.64. The lowest BCUT2D eigenvalue weighted by molar-refractivity contribution is 0.516. The maximum Gasteiger partial charge on any atom is 0.170 e. The predicted octanol–water partition coefficient (Wildman–Crippen LogP) is 7.82. The molecule has 0 aliphatic carbocycles. The number of thiophene rings is 2. The molecule has 29 heavy (non-hydrogen) atoms. The SMILES string of the molecule is CC(C)Cc1csc(-c2c(F)c(F)c(-c3cc(CC(C)C)cs3)c3nsnc23)c1. The number of nitrogens with zero attached hydrogens (tertiary/aromatic N) is 2. The average Bonchev–Trinajstić information content (AvgIpc) is 3.37. The summed E-state index contributed by atoms with van der Waals surface area (Å²) in [7, 11) is 0. The molecule has 0 aliphatic heterocycles. The normalized spacial score (nSPS) is 12.0. The van der Waals surface area contributed by atoms with E-state index in [-0.39, 0.29) is 11.1 Å². The van der Waals surface area contributed by atoms with Gasteiger partial charge in [-0.25, -0.2) is 8.78 Å². The lowest BCUT2D eigenvalue weighted by Crippen LogP contribution is -1.96. The average molecular weight is 449 g/mol. The Bertz CT molecular complexity index is 1070. The van der Waals surface area contributed by atoms with Gasteiger partial charge in [0, 0.05) is 9.75 Å². The predicted molar refractivity (Wildman–Crippen MR) is 121 cm³/mol. The lowest BCUT2D eigenvalue weighted by atomic mass is 10.0. The fourth-order valence-corrected chi connectivity index (χ4v) is 6.06. The topological polar surface area (TPSA) is 25.8 Å². The van der Waals surface area contributed by atoms with Crippen LogP contribution in [0.4, 0.5) is 8.78 Å². The summed E-state index contributed by atoms with van der Waals surface area (Å²) >= 11 is 3.86. The van der Waals surface area contributed by atoms with E-state index in [1.807, 2.05) is 22.9 Å². The van der Waals surface area contributed by atoms with Crippen molar-refractivity contribution in [3.8, 4) is 20.9 Å². The first-order valence-corrected chi connectivity index (χ1v) is 12.1. The molecule has 0 atom stereocenters. The van der Waals surface area contributed by atoms with Gasteiger partial charge in [-0.2, -0.15) is 8.75 Å². The Balaban J connectivity index is 1.85. The van der Waals surface area contributed by atoms with Crippen molar-refractivity contribution >= 4 is 45.4 Å². The summed E-state index contributed by atoms with van der Waals surface area (Å²) in [6.07, 6.45) is 1.82. The Kier molecular flexibility index (Phi) is 5.82. The highest BCUT2D eigenvalue weighted by Crippen LogP contribution is 2.43. The summed E-state index contributed by atoms with van der Waals surface area (Å²) in [6.45, 7) is 8.57. The van der Waals surface area contributed by atoms with E-state index in [9.17, 15) is 0 Å². The van der Waals surface area contributed by atoms with Crippen molar-refractivity contribution < 1.29 is 8.78 Å². The zero-order valence-corrected chi connectivity index (χ0v) is 19.2. The number of fused-ring (bicyclic) bond motifs is 1. The van der Waals surface area contributed by atoms with Crippen LogP contribution in [0.1, 0.15) is 38.8 Å². The quantitative estimate of drug-likeness (QED) is 0.300. The Morgan fingerprint density at radius 3 is 1.55 bits per heavy atom. The summed E-state index contributed by atoms with van der Waals surface area (Å²) in [6, 6.07) is 3.90. The molecule has 0 unspecified atom stereocenters. The number of halogens is 2. The van der Waals surface area contributed by atoms with E-state index < -0.39 is 11.6 Å². The molecule has 0 spiro atoms. The number of benzene rings is 1. The maximum absolute atomic E-state index is 15.3. The number of aromatic nitrogens is 2. The van der Waals surface area contributed by atoms with Crippen LogP contribution in [0.25, 0.3) is 31.9 Å². The van der Waals surface area contributed by atoms with Crippen molar-refractivity contribution in [2.45, 2.75) is 40.5 Å². The van der Waals surface area contributed by atoms with Gasteiger partial charge in [0.05, 0.1) is 22.9 Å². The Morgan fingerprint density at radius 2 is 1.17 bits per heavy atom. The van der Waals surface area contributed by atoms with Gasteiger partial charge in [-0.1, -0.05) is 27.7 Å². The van der Waals surface area contributed by atoms with Crippen LogP contribution >= 0.6 is 34.4 Å². The molecule has 0 bridgehead atoms. The summed E-state index contributed by atoms with van der Waals surface area (Å²) in [4.78, 5) is 1.40. The standard InChI is InChI=1S/C22H22F2N2S3/c1-11(2)5-13-7-15(27-9-13)17-19(23)20(24)18(22-21(17)25-29-26-22)16-8-14(10-28-16)6-12(3)4/h7-12H,5-6H2,1-4H3. The number of hydrogen-bond acceptors (Lipinski definition) is 5. The van der Waals surface area contributed by atoms with Crippen LogP contribution in [0.5, 0.6) is 0 Å². The van der Waals surface area contributed by atoms with Gasteiger partial charge in [0.1, 0.15) is 11.0 Å². The van der Waals surface area contributed by atoms with Crippen LogP contribution < -0.4 is 0 Å². The van der Waals surface area contributed by atoms with Crippen LogP contribution in [0.2, 0.25) is 0 Å². The van der Waals surface area contributed by atoms with E-state index in [4.69, 9.17) is 0 Å². The first kappa shape index (κ1) is 20.6. The minimum absolute atomic E-state index is 0.231. The molecular weight excluding hydrogens is 426 g/mol. The van der Waals surface area contributed by atoms with Crippen LogP contribution in [0.3, 0.4) is 0 Å². The van der Waals surface area contributed by atoms with E-state index in [2.05, 4.69) is 36.4 Å². The zero-order valence-electron chi connectivity index (χ0n) is 16.8. The molecular formula is C22H22F2N2S3. The molecule has 0 N–H and O–H groups in total. The van der Waals surface area contributed by atoms with Crippen molar-refractivity contribution in [1.82, 2.24) is 8.75 Å². The zero-order chi connectivity index (χ0) is 20.7. The molecule has 0 aliphatic rings. The highest BCUT2D eigenvalue weighted by Gasteiger charge is 2.26. The fourth-order valence-electron chi connectivity index (χ4n) is 3.56. The second kappa shape index (κ2) is 8.20. The molecule has 3 heterocycles. The van der Waals surface area contributed by atoms with Crippen molar-refractivity contribution in [3.05, 3.63) is 45.7 Å². The second-order valence-electron chi connectivity index (χ2n) is 8.17. The molecule has 0 saturated heterocycles. The lowest BCUT2D eigenvalue weighted by Gasteiger charge is -2.08. The minimum Gasteiger partial charge on any atom is -0.203 e. The third-order valence-corrected chi connectivity index (χ3v) is 7.20. The van der Waals surface area contributed by atoms with Gasteiger partial charge in [-0.15, -0.1) is 22.7 Å². The molecule has 7 heteroatoms. The van der Waals surface area contributed by atoms with E-state index in [0.717, 1.165) is 35.7 Å². The summed E-state index contributed by atoms with van der Waals surface area (Å²) < 4.78 is 39.3. The summed E-state index contributed by atoms with van der Waals surface area (Å²) in [5.74, 6) is -0.670. The Morgan fingerprint density at radius 1 is 0.759 bits per heavy atom. The second-order valence-corrected chi connectivity index (χ2v) is 10.5. The van der Waals surface area contributed by atoms with Gasteiger partial charge in [0.15, 0.2) is 11.6 Å². The van der Waals surface area contributed by atoms with Crippen LogP contribution in [-0.4, -0.2) is 8.75 Å². The number of hydrogen-bond donors (Lipinski definition) is 0. The molecule has 0 amide bonds. The third-order valence-electron chi connectivity index (χ3n) is 4.68. The fraction of sp³-hybridized carbons (Fsp3) is 0.364. The third kappa shape index (κ3) is 4.00. The van der Waals surface area contributed by atoms with Crippen molar-refractivity contribution in [2.75, 3.05) is 0 Å². The summed E-state index contributed by atoms with van der Waals surface area (Å²) in [5, 5.41) is 4.04. The van der Waals surface area contributed by atoms with Gasteiger partial charge in [-0.3, -0.25) is 0 Å². The molecule has 4 rings (SSSR count). The Labute approximate surface area is 181 Å². The van der Waals surface area contributed by atoms with Crippen molar-refractivity contribution in [2.24, 2.45) is 11.8 Å². The highest BCUT2D eigenvalue weighted by atomic mass is 32.1. The molecule has 4 aromatic rings. The molecule has 1 aromatic carbocycles. The first-order chi connectivity index (χ1) is 13.8. The van der Waals surface area contributed by atoms with Gasteiger partial charge in [-0.05, 0) is 58.7 Å². The van der Waals surface area contributed by atoms with E-state index in [0.29, 0.717) is 32.6 Å². The smallest absolute Gasteiger partial charge is 0.170 e. The van der Waals surface area contributed by atoms with Crippen molar-refractivity contribution in [1.29, 1.82) is 0 Å². The van der Waals surface area contributed by atoms with Gasteiger partial charge >= 0.3 is 0 Å². The monoisotopic (exact) mass is 448 g/mol. The highest BCUT2D eigenvalue weighted by molar-refractivity contribution is 7.14. The van der Waals surface area contributed by atoms with Crippen molar-refractivity contribution in [3.63, 3.8) is 0 Å². The molecule has 0 fully saturated rings. The number of rotatable bonds is 6. The summed E-state index contributed by atoms with van der Waals surface area (Å²) in [5.41, 5.74) is 3.62. The van der Waals surface area contributed by atoms with Gasteiger partial charge in [0.25, 0.3) is 0 Å². The van der Waals surface area contributed by atoms with E-state index in [1.54, 1.807) is 0 Å². The largest absolute Gasteiger partial charge is 0.203 e. The molecule has 0 radical (unpaired) electrons. The molecule has 2 nitrogen and oxygen atoms in total.